The molecule has 3 amide bonds. The molecule has 1 heterocycles. The monoisotopic (exact) mass is 642 g/mol. The zero-order chi connectivity index (χ0) is 31.1. The maximum Gasteiger partial charge on any atom is 0.258 e. The number of methoxy groups -OCH3 is 1. The highest BCUT2D eigenvalue weighted by molar-refractivity contribution is 9.10. The largest absolute Gasteiger partial charge is 0.496 e. The van der Waals surface area contributed by atoms with E-state index in [1.54, 1.807) is 60.5 Å². The molecule has 10 heteroatoms. The number of fused-ring (bicyclic) bond motifs is 2. The van der Waals surface area contributed by atoms with Gasteiger partial charge in [-0.1, -0.05) is 52.3 Å². The standard InChI is InChI=1S/C33H31BrN4O5/c1-19(39)20-8-10-21(11-9-20)30(40)38-18-26(33(2,36)32(35)42)31(41)37(27-6-4-5-7-28(27)38)17-25-24-14-13-23(34)16-22(24)12-15-29(25)43-3/h4-16,26H,17-18,36H2,1-3H3,(H2,35,42)/t26-,33?/m1/s1. The first-order chi connectivity index (χ1) is 20.4. The zero-order valence-electron chi connectivity index (χ0n) is 24.0. The number of hydrogen-bond donors (Lipinski definition) is 2. The van der Waals surface area contributed by atoms with Crippen LogP contribution in [0.15, 0.2) is 83.3 Å². The van der Waals surface area contributed by atoms with Gasteiger partial charge >= 0.3 is 0 Å². The zero-order valence-corrected chi connectivity index (χ0v) is 25.6. The van der Waals surface area contributed by atoms with Crippen LogP contribution in [0, 0.1) is 5.92 Å². The summed E-state index contributed by atoms with van der Waals surface area (Å²) in [7, 11) is 1.56. The van der Waals surface area contributed by atoms with Crippen molar-refractivity contribution in [1.29, 1.82) is 0 Å². The summed E-state index contributed by atoms with van der Waals surface area (Å²) in [6, 6.07) is 22.9. The average molecular weight is 644 g/mol. The molecule has 0 aliphatic carbocycles. The molecule has 5 rings (SSSR count). The summed E-state index contributed by atoms with van der Waals surface area (Å²) in [6.07, 6.45) is 0. The van der Waals surface area contributed by atoms with E-state index < -0.39 is 29.2 Å². The number of carbonyl (C=O) groups excluding carboxylic acids is 4. The first-order valence-corrected chi connectivity index (χ1v) is 14.4. The van der Waals surface area contributed by atoms with E-state index in [9.17, 15) is 19.2 Å². The van der Waals surface area contributed by atoms with Crippen LogP contribution in [0.25, 0.3) is 10.8 Å². The molecule has 0 radical (unpaired) electrons. The molecule has 9 nitrogen and oxygen atoms in total. The first-order valence-electron chi connectivity index (χ1n) is 13.6. The van der Waals surface area contributed by atoms with Gasteiger partial charge in [-0.3, -0.25) is 19.2 Å². The van der Waals surface area contributed by atoms with Crippen LogP contribution in [0.4, 0.5) is 11.4 Å². The third kappa shape index (κ3) is 5.51. The Bertz CT molecular complexity index is 1770. The quantitative estimate of drug-likeness (QED) is 0.277. The lowest BCUT2D eigenvalue weighted by atomic mass is 9.84. The minimum absolute atomic E-state index is 0.0681. The summed E-state index contributed by atoms with van der Waals surface area (Å²) >= 11 is 3.52. The first kappa shape index (κ1) is 29.9. The van der Waals surface area contributed by atoms with E-state index in [0.29, 0.717) is 28.3 Å². The molecule has 0 spiro atoms. The number of ketones is 1. The van der Waals surface area contributed by atoms with Gasteiger partial charge in [-0.15, -0.1) is 0 Å². The molecule has 220 valence electrons. The van der Waals surface area contributed by atoms with E-state index in [4.69, 9.17) is 16.2 Å². The summed E-state index contributed by atoms with van der Waals surface area (Å²) in [6.45, 7) is 2.72. The van der Waals surface area contributed by atoms with Crippen LogP contribution < -0.4 is 26.0 Å². The Morgan fingerprint density at radius 1 is 0.977 bits per heavy atom. The number of nitrogens with zero attached hydrogens (tertiary/aromatic N) is 2. The summed E-state index contributed by atoms with van der Waals surface area (Å²) in [5, 5.41) is 1.81. The number of carbonyl (C=O) groups is 4. The highest BCUT2D eigenvalue weighted by Crippen LogP contribution is 2.40. The molecule has 0 fully saturated rings. The number of hydrogen-bond acceptors (Lipinski definition) is 6. The molecular weight excluding hydrogens is 612 g/mol. The molecule has 0 saturated carbocycles. The van der Waals surface area contributed by atoms with Gasteiger partial charge in [-0.05, 0) is 67.1 Å². The Labute approximate surface area is 257 Å². The van der Waals surface area contributed by atoms with Gasteiger partial charge in [0.25, 0.3) is 5.91 Å². The number of primary amides is 1. The number of anilines is 2. The van der Waals surface area contributed by atoms with E-state index in [-0.39, 0.29) is 18.9 Å². The number of halogens is 1. The third-order valence-corrected chi connectivity index (χ3v) is 8.51. The van der Waals surface area contributed by atoms with Crippen molar-refractivity contribution in [2.24, 2.45) is 17.4 Å². The maximum atomic E-state index is 14.5. The minimum Gasteiger partial charge on any atom is -0.496 e. The molecule has 43 heavy (non-hydrogen) atoms. The van der Waals surface area contributed by atoms with Crippen molar-refractivity contribution >= 4 is 61.6 Å². The Morgan fingerprint density at radius 3 is 2.26 bits per heavy atom. The van der Waals surface area contributed by atoms with Crippen molar-refractivity contribution in [2.75, 3.05) is 23.5 Å². The number of ether oxygens (including phenoxy) is 1. The second-order valence-corrected chi connectivity index (χ2v) is 11.7. The van der Waals surface area contributed by atoms with Crippen molar-refractivity contribution in [3.63, 3.8) is 0 Å². The topological polar surface area (TPSA) is 136 Å². The molecule has 1 unspecified atom stereocenters. The Morgan fingerprint density at radius 2 is 1.63 bits per heavy atom. The number of Topliss-reactive ketones (excluding diaryl/α,β-unsaturated/α-hetero) is 1. The van der Waals surface area contributed by atoms with Crippen molar-refractivity contribution in [1.82, 2.24) is 0 Å². The van der Waals surface area contributed by atoms with E-state index in [1.165, 1.54) is 18.7 Å². The molecule has 4 N–H and O–H groups in total. The van der Waals surface area contributed by atoms with Gasteiger partial charge in [0.2, 0.25) is 11.8 Å². The maximum absolute atomic E-state index is 14.5. The lowest BCUT2D eigenvalue weighted by Crippen LogP contribution is -2.62. The molecule has 4 aromatic rings. The van der Waals surface area contributed by atoms with E-state index in [2.05, 4.69) is 15.9 Å². The summed E-state index contributed by atoms with van der Waals surface area (Å²) in [5.74, 6) is -2.50. The molecule has 0 bridgehead atoms. The van der Waals surface area contributed by atoms with E-state index in [1.807, 2.05) is 30.3 Å². The molecule has 0 aromatic heterocycles. The fraction of sp³-hybridized carbons (Fsp3) is 0.212. The summed E-state index contributed by atoms with van der Waals surface area (Å²) in [4.78, 5) is 56.0. The summed E-state index contributed by atoms with van der Waals surface area (Å²) < 4.78 is 6.62. The van der Waals surface area contributed by atoms with Gasteiger partial charge in [0.1, 0.15) is 11.3 Å². The van der Waals surface area contributed by atoms with Crippen molar-refractivity contribution in [3.8, 4) is 5.75 Å². The number of para-hydroxylation sites is 2. The smallest absolute Gasteiger partial charge is 0.258 e. The normalized spacial score (nSPS) is 16.3. The Hall–Kier alpha value is -4.54. The second-order valence-electron chi connectivity index (χ2n) is 10.8. The molecule has 0 saturated heterocycles. The van der Waals surface area contributed by atoms with Crippen LogP contribution in [0.1, 0.15) is 40.1 Å². The van der Waals surface area contributed by atoms with Gasteiger partial charge in [0.15, 0.2) is 5.78 Å². The summed E-state index contributed by atoms with van der Waals surface area (Å²) in [5.41, 5.74) is 12.8. The lowest BCUT2D eigenvalue weighted by Gasteiger charge is -2.34. The molecular formula is C33H31BrN4O5. The highest BCUT2D eigenvalue weighted by Gasteiger charge is 2.47. The predicted octanol–water partition coefficient (Wildman–Crippen LogP) is 4.83. The van der Waals surface area contributed by atoms with E-state index in [0.717, 1.165) is 20.8 Å². The SMILES string of the molecule is COc1ccc2cc(Br)ccc2c1CN1C(=O)[C@H](C(C)(N)C(N)=O)CN(C(=O)c2ccc(C(C)=O)cc2)c2ccccc21. The van der Waals surface area contributed by atoms with Crippen LogP contribution in [0.2, 0.25) is 0 Å². The van der Waals surface area contributed by atoms with Crippen molar-refractivity contribution in [2.45, 2.75) is 25.9 Å². The minimum atomic E-state index is -1.79. The number of amides is 3. The highest BCUT2D eigenvalue weighted by atomic mass is 79.9. The van der Waals surface area contributed by atoms with Gasteiger partial charge in [0, 0.05) is 27.7 Å². The van der Waals surface area contributed by atoms with Crippen LogP contribution in [-0.4, -0.2) is 42.7 Å². The van der Waals surface area contributed by atoms with Gasteiger partial charge < -0.3 is 26.0 Å². The van der Waals surface area contributed by atoms with Gasteiger partial charge in [-0.25, -0.2) is 0 Å². The van der Waals surface area contributed by atoms with E-state index >= 15 is 0 Å². The molecule has 4 aromatic carbocycles. The van der Waals surface area contributed by atoms with Crippen LogP contribution in [0.3, 0.4) is 0 Å². The molecule has 1 aliphatic heterocycles. The van der Waals surface area contributed by atoms with Crippen LogP contribution in [0.5, 0.6) is 5.75 Å². The third-order valence-electron chi connectivity index (χ3n) is 8.02. The van der Waals surface area contributed by atoms with Crippen LogP contribution in [-0.2, 0) is 16.1 Å². The Kier molecular flexibility index (Phi) is 8.09. The number of benzene rings is 4. The van der Waals surface area contributed by atoms with Gasteiger partial charge in [0.05, 0.1) is 30.9 Å². The van der Waals surface area contributed by atoms with Crippen molar-refractivity contribution < 1.29 is 23.9 Å². The van der Waals surface area contributed by atoms with Crippen LogP contribution >= 0.6 is 15.9 Å². The Balaban J connectivity index is 1.69. The number of rotatable bonds is 7. The van der Waals surface area contributed by atoms with Gasteiger partial charge in [-0.2, -0.15) is 0 Å². The molecule has 2 atom stereocenters. The average Bonchev–Trinajstić information content (AvgIpc) is 3.11. The lowest BCUT2D eigenvalue weighted by molar-refractivity contribution is -0.132. The fourth-order valence-corrected chi connectivity index (χ4v) is 5.80. The fourth-order valence-electron chi connectivity index (χ4n) is 5.42. The predicted molar refractivity (Wildman–Crippen MR) is 169 cm³/mol. The van der Waals surface area contributed by atoms with Crippen molar-refractivity contribution in [3.05, 3.63) is 100 Å². The second kappa shape index (κ2) is 11.6. The number of nitrogens with two attached hydrogens (primary N) is 2. The molecule has 1 aliphatic rings.